The molecule has 0 aliphatic carbocycles. The van der Waals surface area contributed by atoms with Gasteiger partial charge in [0, 0.05) is 5.57 Å². The van der Waals surface area contributed by atoms with Crippen molar-refractivity contribution in [3.05, 3.63) is 23.3 Å². The Morgan fingerprint density at radius 3 is 2.55 bits per heavy atom. The summed E-state index contributed by atoms with van der Waals surface area (Å²) in [5.41, 5.74) is 1.43. The highest BCUT2D eigenvalue weighted by molar-refractivity contribution is 5.77. The van der Waals surface area contributed by atoms with E-state index >= 15 is 0 Å². The highest BCUT2D eigenvalue weighted by Crippen LogP contribution is 2.12. The lowest BCUT2D eigenvalue weighted by Gasteiger charge is -1.87. The summed E-state index contributed by atoms with van der Waals surface area (Å²) in [7, 11) is 0. The molecule has 1 heterocycles. The van der Waals surface area contributed by atoms with Gasteiger partial charge in [0.2, 0.25) is 0 Å². The first-order chi connectivity index (χ1) is 5.38. The van der Waals surface area contributed by atoms with Crippen molar-refractivity contribution >= 4 is 12.6 Å². The third-order valence-corrected chi connectivity index (χ3v) is 1.45. The minimum atomic E-state index is 0.363. The molecule has 1 aliphatic rings. The molecule has 3 nitrogen and oxygen atoms in total. The summed E-state index contributed by atoms with van der Waals surface area (Å²) in [5, 5.41) is 0. The maximum Gasteiger partial charge on any atom is 0.148 e. The summed E-state index contributed by atoms with van der Waals surface area (Å²) in [6.45, 7) is 0.792. The van der Waals surface area contributed by atoms with Crippen molar-refractivity contribution in [1.82, 2.24) is 0 Å². The molecule has 58 valence electrons. The molecule has 0 aromatic heterocycles. The van der Waals surface area contributed by atoms with E-state index in [1.54, 1.807) is 6.08 Å². The zero-order valence-corrected chi connectivity index (χ0v) is 5.95. The van der Waals surface area contributed by atoms with Gasteiger partial charge < -0.3 is 4.74 Å². The Morgan fingerprint density at radius 2 is 1.91 bits per heavy atom. The Kier molecular flexibility index (Phi) is 2.74. The number of hydrogen-bond donors (Lipinski definition) is 0. The van der Waals surface area contributed by atoms with Crippen LogP contribution in [0.25, 0.3) is 0 Å². The Hall–Kier alpha value is -1.22. The fourth-order valence-electron chi connectivity index (χ4n) is 0.877. The number of aldehydes is 2. The highest BCUT2D eigenvalue weighted by Gasteiger charge is 2.10. The standard InChI is InChI=1S/C8H8O3/c9-3-1-2-7-5-11-6-8(7)4-10/h1-4H,5-6H2/b2-1+. The average molecular weight is 152 g/mol. The third-order valence-electron chi connectivity index (χ3n) is 1.45. The minimum Gasteiger partial charge on any atom is -0.372 e. The average Bonchev–Trinajstić information content (AvgIpc) is 2.47. The van der Waals surface area contributed by atoms with Gasteiger partial charge in [-0.2, -0.15) is 0 Å². The molecule has 1 aliphatic heterocycles. The van der Waals surface area contributed by atoms with Gasteiger partial charge in [0.1, 0.15) is 12.6 Å². The maximum absolute atomic E-state index is 10.3. The van der Waals surface area contributed by atoms with Crippen LogP contribution in [-0.4, -0.2) is 25.8 Å². The lowest BCUT2D eigenvalue weighted by Crippen LogP contribution is -1.87. The Morgan fingerprint density at radius 1 is 1.18 bits per heavy atom. The molecule has 0 saturated heterocycles. The van der Waals surface area contributed by atoms with E-state index in [9.17, 15) is 9.59 Å². The lowest BCUT2D eigenvalue weighted by molar-refractivity contribution is -0.105. The first-order valence-electron chi connectivity index (χ1n) is 3.25. The molecule has 0 atom stereocenters. The number of carbonyl (C=O) groups is 2. The van der Waals surface area contributed by atoms with Gasteiger partial charge in [-0.1, -0.05) is 6.08 Å². The van der Waals surface area contributed by atoms with Gasteiger partial charge in [0.05, 0.1) is 13.2 Å². The van der Waals surface area contributed by atoms with Crippen LogP contribution in [0.5, 0.6) is 0 Å². The lowest BCUT2D eigenvalue weighted by atomic mass is 10.1. The van der Waals surface area contributed by atoms with Crippen LogP contribution in [0.2, 0.25) is 0 Å². The third kappa shape index (κ3) is 1.85. The van der Waals surface area contributed by atoms with Crippen LogP contribution in [-0.2, 0) is 14.3 Å². The van der Waals surface area contributed by atoms with E-state index in [0.29, 0.717) is 25.1 Å². The zero-order valence-electron chi connectivity index (χ0n) is 5.95. The fourth-order valence-corrected chi connectivity index (χ4v) is 0.877. The second kappa shape index (κ2) is 3.83. The molecule has 1 rings (SSSR count). The van der Waals surface area contributed by atoms with E-state index in [4.69, 9.17) is 4.74 Å². The molecule has 11 heavy (non-hydrogen) atoms. The van der Waals surface area contributed by atoms with Crippen molar-refractivity contribution in [2.45, 2.75) is 0 Å². The Balaban J connectivity index is 2.74. The van der Waals surface area contributed by atoms with Crippen molar-refractivity contribution in [2.24, 2.45) is 0 Å². The molecule has 0 aromatic carbocycles. The Bertz CT molecular complexity index is 225. The molecule has 0 spiro atoms. The van der Waals surface area contributed by atoms with E-state index < -0.39 is 0 Å². The van der Waals surface area contributed by atoms with Gasteiger partial charge in [0.15, 0.2) is 0 Å². The summed E-state index contributed by atoms with van der Waals surface area (Å²) in [6, 6.07) is 0. The molecule has 0 aromatic rings. The fraction of sp³-hybridized carbons (Fsp3) is 0.250. The van der Waals surface area contributed by atoms with Crippen LogP contribution in [0, 0.1) is 0 Å². The highest BCUT2D eigenvalue weighted by atomic mass is 16.5. The number of carbonyl (C=O) groups excluding carboxylic acids is 2. The molecule has 0 N–H and O–H groups in total. The van der Waals surface area contributed by atoms with Crippen molar-refractivity contribution in [1.29, 1.82) is 0 Å². The van der Waals surface area contributed by atoms with E-state index in [0.717, 1.165) is 11.9 Å². The smallest absolute Gasteiger partial charge is 0.148 e. The molecule has 0 bridgehead atoms. The van der Waals surface area contributed by atoms with Gasteiger partial charge >= 0.3 is 0 Å². The summed E-state index contributed by atoms with van der Waals surface area (Å²) in [5.74, 6) is 0. The first-order valence-corrected chi connectivity index (χ1v) is 3.25. The van der Waals surface area contributed by atoms with Gasteiger partial charge in [-0.05, 0) is 11.6 Å². The normalized spacial score (nSPS) is 17.8. The summed E-state index contributed by atoms with van der Waals surface area (Å²) < 4.78 is 4.99. The van der Waals surface area contributed by atoms with E-state index in [1.807, 2.05) is 0 Å². The molecular weight excluding hydrogens is 144 g/mol. The van der Waals surface area contributed by atoms with Crippen LogP contribution < -0.4 is 0 Å². The Labute approximate surface area is 64.3 Å². The van der Waals surface area contributed by atoms with E-state index in [-0.39, 0.29) is 0 Å². The van der Waals surface area contributed by atoms with Crippen molar-refractivity contribution in [3.63, 3.8) is 0 Å². The quantitative estimate of drug-likeness (QED) is 0.430. The molecule has 0 saturated carbocycles. The maximum atomic E-state index is 10.3. The summed E-state index contributed by atoms with van der Waals surface area (Å²) in [4.78, 5) is 20.2. The monoisotopic (exact) mass is 152 g/mol. The second-order valence-corrected chi connectivity index (χ2v) is 2.16. The number of ether oxygens (including phenoxy) is 1. The van der Waals surface area contributed by atoms with Crippen molar-refractivity contribution < 1.29 is 14.3 Å². The van der Waals surface area contributed by atoms with Gasteiger partial charge in [-0.3, -0.25) is 9.59 Å². The SMILES string of the molecule is O=C/C=C/C1=C(C=O)COC1. The zero-order chi connectivity index (χ0) is 8.10. The molecule has 0 unspecified atom stereocenters. The number of allylic oxidation sites excluding steroid dienone is 1. The topological polar surface area (TPSA) is 43.4 Å². The summed E-state index contributed by atoms with van der Waals surface area (Å²) in [6.07, 6.45) is 4.39. The molecule has 0 radical (unpaired) electrons. The number of hydrogen-bond acceptors (Lipinski definition) is 3. The predicted octanol–water partition coefficient (Wildman–Crippen LogP) is 0.267. The van der Waals surface area contributed by atoms with E-state index in [2.05, 4.69) is 0 Å². The van der Waals surface area contributed by atoms with E-state index in [1.165, 1.54) is 6.08 Å². The number of rotatable bonds is 3. The molecular formula is C8H8O3. The van der Waals surface area contributed by atoms with Crippen LogP contribution in [0.1, 0.15) is 0 Å². The molecule has 0 amide bonds. The first kappa shape index (κ1) is 7.88. The van der Waals surface area contributed by atoms with Crippen molar-refractivity contribution in [3.8, 4) is 0 Å². The molecule has 0 fully saturated rings. The van der Waals surface area contributed by atoms with Crippen molar-refractivity contribution in [2.75, 3.05) is 13.2 Å². The predicted molar refractivity (Wildman–Crippen MR) is 39.1 cm³/mol. The largest absolute Gasteiger partial charge is 0.372 e. The van der Waals surface area contributed by atoms with Gasteiger partial charge in [0.25, 0.3) is 0 Å². The second-order valence-electron chi connectivity index (χ2n) is 2.16. The molecule has 3 heteroatoms. The van der Waals surface area contributed by atoms with Crippen LogP contribution in [0.3, 0.4) is 0 Å². The van der Waals surface area contributed by atoms with Gasteiger partial charge in [-0.15, -0.1) is 0 Å². The van der Waals surface area contributed by atoms with Crippen LogP contribution in [0.4, 0.5) is 0 Å². The van der Waals surface area contributed by atoms with Crippen LogP contribution in [0.15, 0.2) is 23.3 Å². The summed E-state index contributed by atoms with van der Waals surface area (Å²) >= 11 is 0. The van der Waals surface area contributed by atoms with Crippen LogP contribution >= 0.6 is 0 Å². The minimum absolute atomic E-state index is 0.363. The van der Waals surface area contributed by atoms with Gasteiger partial charge in [-0.25, -0.2) is 0 Å².